The summed E-state index contributed by atoms with van der Waals surface area (Å²) >= 11 is 0. The lowest BCUT2D eigenvalue weighted by Crippen LogP contribution is -2.33. The second-order valence-electron chi connectivity index (χ2n) is 8.03. The molecule has 0 spiro atoms. The van der Waals surface area contributed by atoms with Gasteiger partial charge >= 0.3 is 0 Å². The maximum Gasteiger partial charge on any atom is 0.221 e. The lowest BCUT2D eigenvalue weighted by Gasteiger charge is -2.25. The van der Waals surface area contributed by atoms with E-state index in [2.05, 4.69) is 10.3 Å². The summed E-state index contributed by atoms with van der Waals surface area (Å²) in [6, 6.07) is 16.3. The SMILES string of the molecule is Cc1nc(CCC(=O)NC(c2ccc(F)cc2)C2CCCC2)oc1-c1ccccc1. The van der Waals surface area contributed by atoms with Crippen LogP contribution in [-0.2, 0) is 11.2 Å². The van der Waals surface area contributed by atoms with E-state index < -0.39 is 0 Å². The molecule has 156 valence electrons. The molecule has 4 rings (SSSR count). The van der Waals surface area contributed by atoms with Gasteiger partial charge in [-0.25, -0.2) is 9.37 Å². The normalized spacial score (nSPS) is 15.3. The van der Waals surface area contributed by atoms with Gasteiger partial charge in [0, 0.05) is 18.4 Å². The van der Waals surface area contributed by atoms with Crippen molar-refractivity contribution < 1.29 is 13.6 Å². The Morgan fingerprint density at radius 3 is 2.53 bits per heavy atom. The molecule has 1 saturated carbocycles. The summed E-state index contributed by atoms with van der Waals surface area (Å²) in [5.74, 6) is 1.42. The van der Waals surface area contributed by atoms with Crippen LogP contribution in [0.2, 0.25) is 0 Å². The molecule has 1 fully saturated rings. The van der Waals surface area contributed by atoms with Crippen LogP contribution in [0.4, 0.5) is 4.39 Å². The van der Waals surface area contributed by atoms with Gasteiger partial charge in [0.05, 0.1) is 11.7 Å². The first-order chi connectivity index (χ1) is 14.6. The summed E-state index contributed by atoms with van der Waals surface area (Å²) < 4.78 is 19.3. The van der Waals surface area contributed by atoms with Crippen LogP contribution in [0, 0.1) is 18.7 Å². The number of hydrogen-bond acceptors (Lipinski definition) is 3. The summed E-state index contributed by atoms with van der Waals surface area (Å²) in [4.78, 5) is 17.2. The number of nitrogens with zero attached hydrogens (tertiary/aromatic N) is 1. The topological polar surface area (TPSA) is 55.1 Å². The molecule has 1 atom stereocenters. The van der Waals surface area contributed by atoms with Crippen molar-refractivity contribution in [1.29, 1.82) is 0 Å². The number of benzene rings is 2. The fourth-order valence-corrected chi connectivity index (χ4v) is 4.32. The van der Waals surface area contributed by atoms with Crippen molar-refractivity contribution in [3.05, 3.63) is 77.6 Å². The third kappa shape index (κ3) is 4.78. The molecule has 2 aromatic carbocycles. The minimum absolute atomic E-state index is 0.0339. The van der Waals surface area contributed by atoms with Crippen LogP contribution in [0.5, 0.6) is 0 Å². The summed E-state index contributed by atoms with van der Waals surface area (Å²) in [7, 11) is 0. The molecule has 30 heavy (non-hydrogen) atoms. The Bertz CT molecular complexity index is 976. The van der Waals surface area contributed by atoms with Gasteiger partial charge in [0.2, 0.25) is 5.91 Å². The predicted octanol–water partition coefficient (Wildman–Crippen LogP) is 5.77. The van der Waals surface area contributed by atoms with E-state index in [1.165, 1.54) is 25.0 Å². The molecular weight excluding hydrogens is 379 g/mol. The third-order valence-electron chi connectivity index (χ3n) is 5.86. The standard InChI is InChI=1S/C25H27FN2O2/c1-17-25(20-9-3-2-4-10-20)30-23(27-17)16-15-22(29)28-24(18-7-5-6-8-18)19-11-13-21(26)14-12-19/h2-4,9-14,18,24H,5-8,15-16H2,1H3,(H,28,29). The molecule has 1 aliphatic carbocycles. The van der Waals surface area contributed by atoms with E-state index >= 15 is 0 Å². The smallest absolute Gasteiger partial charge is 0.221 e. The van der Waals surface area contributed by atoms with Gasteiger partial charge in [-0.1, -0.05) is 55.3 Å². The lowest BCUT2D eigenvalue weighted by atomic mass is 9.91. The van der Waals surface area contributed by atoms with Gasteiger partial charge in [-0.3, -0.25) is 4.79 Å². The highest BCUT2D eigenvalue weighted by Crippen LogP contribution is 2.36. The Labute approximate surface area is 176 Å². The second-order valence-corrected chi connectivity index (χ2v) is 8.03. The van der Waals surface area contributed by atoms with Gasteiger partial charge in [0.25, 0.3) is 0 Å². The van der Waals surface area contributed by atoms with Crippen molar-refractivity contribution >= 4 is 5.91 Å². The van der Waals surface area contributed by atoms with Crippen LogP contribution in [0.1, 0.15) is 55.3 Å². The molecule has 0 aliphatic heterocycles. The number of carbonyl (C=O) groups is 1. The highest BCUT2D eigenvalue weighted by Gasteiger charge is 2.27. The fourth-order valence-electron chi connectivity index (χ4n) is 4.32. The van der Waals surface area contributed by atoms with Crippen molar-refractivity contribution in [2.24, 2.45) is 5.92 Å². The monoisotopic (exact) mass is 406 g/mol. The molecule has 1 heterocycles. The molecule has 0 bridgehead atoms. The third-order valence-corrected chi connectivity index (χ3v) is 5.86. The van der Waals surface area contributed by atoms with E-state index in [9.17, 15) is 9.18 Å². The van der Waals surface area contributed by atoms with Crippen LogP contribution in [0.25, 0.3) is 11.3 Å². The Balaban J connectivity index is 1.41. The highest BCUT2D eigenvalue weighted by atomic mass is 19.1. The van der Waals surface area contributed by atoms with Gasteiger partial charge in [-0.2, -0.15) is 0 Å². The maximum absolute atomic E-state index is 13.4. The van der Waals surface area contributed by atoms with E-state index in [1.54, 1.807) is 12.1 Å². The van der Waals surface area contributed by atoms with E-state index in [0.29, 0.717) is 24.7 Å². The molecule has 0 radical (unpaired) electrons. The number of carbonyl (C=O) groups excluding carboxylic acids is 1. The fraction of sp³-hybridized carbons (Fsp3) is 0.360. The quantitative estimate of drug-likeness (QED) is 0.542. The van der Waals surface area contributed by atoms with Gasteiger partial charge in [-0.15, -0.1) is 0 Å². The van der Waals surface area contributed by atoms with Gasteiger partial charge in [0.1, 0.15) is 5.82 Å². The van der Waals surface area contributed by atoms with Crippen molar-refractivity contribution in [2.45, 2.75) is 51.5 Å². The minimum atomic E-state index is -0.260. The van der Waals surface area contributed by atoms with E-state index in [-0.39, 0.29) is 17.8 Å². The minimum Gasteiger partial charge on any atom is -0.440 e. The van der Waals surface area contributed by atoms with Crippen molar-refractivity contribution in [3.8, 4) is 11.3 Å². The summed E-state index contributed by atoms with van der Waals surface area (Å²) in [6.45, 7) is 1.92. The average Bonchev–Trinajstić information content (AvgIpc) is 3.42. The second kappa shape index (κ2) is 9.24. The number of rotatable bonds is 7. The Morgan fingerprint density at radius 1 is 1.13 bits per heavy atom. The maximum atomic E-state index is 13.4. The zero-order chi connectivity index (χ0) is 20.9. The first-order valence-corrected chi connectivity index (χ1v) is 10.7. The number of oxazole rings is 1. The number of aromatic nitrogens is 1. The van der Waals surface area contributed by atoms with Crippen LogP contribution >= 0.6 is 0 Å². The molecule has 1 amide bonds. The number of nitrogens with one attached hydrogen (secondary N) is 1. The van der Waals surface area contributed by atoms with Crippen LogP contribution < -0.4 is 5.32 Å². The van der Waals surface area contributed by atoms with Crippen molar-refractivity contribution in [3.63, 3.8) is 0 Å². The van der Waals surface area contributed by atoms with Crippen molar-refractivity contribution in [2.75, 3.05) is 0 Å². The summed E-state index contributed by atoms with van der Waals surface area (Å²) in [5, 5.41) is 3.19. The first-order valence-electron chi connectivity index (χ1n) is 10.7. The highest BCUT2D eigenvalue weighted by molar-refractivity contribution is 5.76. The summed E-state index contributed by atoms with van der Waals surface area (Å²) in [6.07, 6.45) is 5.27. The molecule has 3 aromatic rings. The van der Waals surface area contributed by atoms with Crippen LogP contribution in [0.15, 0.2) is 59.0 Å². The van der Waals surface area contributed by atoms with Crippen LogP contribution in [-0.4, -0.2) is 10.9 Å². The molecule has 5 heteroatoms. The average molecular weight is 407 g/mol. The predicted molar refractivity (Wildman–Crippen MR) is 114 cm³/mol. The largest absolute Gasteiger partial charge is 0.440 e. The Hall–Kier alpha value is -2.95. The Morgan fingerprint density at radius 2 is 1.83 bits per heavy atom. The molecule has 4 nitrogen and oxygen atoms in total. The molecular formula is C25H27FN2O2. The molecule has 1 N–H and O–H groups in total. The van der Waals surface area contributed by atoms with Gasteiger partial charge in [0.15, 0.2) is 11.7 Å². The van der Waals surface area contributed by atoms with Gasteiger partial charge < -0.3 is 9.73 Å². The Kier molecular flexibility index (Phi) is 6.26. The number of halogens is 1. The first kappa shape index (κ1) is 20.3. The molecule has 1 aromatic heterocycles. The van der Waals surface area contributed by atoms with Crippen molar-refractivity contribution in [1.82, 2.24) is 10.3 Å². The molecule has 1 unspecified atom stereocenters. The number of aryl methyl sites for hydroxylation is 2. The summed E-state index contributed by atoms with van der Waals surface area (Å²) in [5.41, 5.74) is 2.78. The van der Waals surface area contributed by atoms with E-state index in [0.717, 1.165) is 35.4 Å². The van der Waals surface area contributed by atoms with E-state index in [4.69, 9.17) is 4.42 Å². The van der Waals surface area contributed by atoms with Gasteiger partial charge in [-0.05, 0) is 43.4 Å². The molecule has 0 saturated heterocycles. The zero-order valence-corrected chi connectivity index (χ0v) is 17.2. The number of hydrogen-bond donors (Lipinski definition) is 1. The number of amides is 1. The zero-order valence-electron chi connectivity index (χ0n) is 17.2. The van der Waals surface area contributed by atoms with E-state index in [1.807, 2.05) is 37.3 Å². The molecule has 1 aliphatic rings. The van der Waals surface area contributed by atoms with Crippen LogP contribution in [0.3, 0.4) is 0 Å². The lowest BCUT2D eigenvalue weighted by molar-refractivity contribution is -0.122.